The van der Waals surface area contributed by atoms with Crippen molar-refractivity contribution in [3.8, 4) is 0 Å². The van der Waals surface area contributed by atoms with Gasteiger partial charge >= 0.3 is 0 Å². The zero-order valence-electron chi connectivity index (χ0n) is 11.5. The zero-order chi connectivity index (χ0) is 14.8. The van der Waals surface area contributed by atoms with Gasteiger partial charge in [0.25, 0.3) is 0 Å². The Bertz CT molecular complexity index is 686. The van der Waals surface area contributed by atoms with Gasteiger partial charge in [0.15, 0.2) is 0 Å². The molecule has 0 spiro atoms. The van der Waals surface area contributed by atoms with Crippen LogP contribution >= 0.6 is 22.6 Å². The largest absolute Gasteiger partial charge is 0.308 e. The van der Waals surface area contributed by atoms with Crippen LogP contribution in [0.4, 0.5) is 10.1 Å². The minimum atomic E-state index is -0.266. The van der Waals surface area contributed by atoms with Crippen LogP contribution < -0.4 is 4.90 Å². The lowest BCUT2D eigenvalue weighted by atomic mass is 10.1. The monoisotopic (exact) mass is 395 g/mol. The van der Waals surface area contributed by atoms with E-state index in [2.05, 4.69) is 28.7 Å². The van der Waals surface area contributed by atoms with Crippen LogP contribution in [0.3, 0.4) is 0 Å². The Morgan fingerprint density at radius 1 is 1.14 bits per heavy atom. The van der Waals surface area contributed by atoms with E-state index in [0.717, 1.165) is 24.1 Å². The van der Waals surface area contributed by atoms with Crippen molar-refractivity contribution in [3.63, 3.8) is 0 Å². The smallest absolute Gasteiger partial charge is 0.227 e. The van der Waals surface area contributed by atoms with Gasteiger partial charge in [-0.15, -0.1) is 0 Å². The van der Waals surface area contributed by atoms with E-state index in [1.54, 1.807) is 11.0 Å². The first kappa shape index (κ1) is 14.5. The summed E-state index contributed by atoms with van der Waals surface area (Å²) >= 11 is 2.29. The Morgan fingerprint density at radius 3 is 2.81 bits per heavy atom. The summed E-state index contributed by atoms with van der Waals surface area (Å²) in [5.41, 5.74) is 2.97. The van der Waals surface area contributed by atoms with Crippen LogP contribution in [0.15, 0.2) is 42.5 Å². The normalized spacial score (nSPS) is 14.8. The van der Waals surface area contributed by atoms with Gasteiger partial charge < -0.3 is 4.90 Å². The Labute approximate surface area is 137 Å². The molecule has 1 aliphatic heterocycles. The number of fused-ring (bicyclic) bond motifs is 1. The topological polar surface area (TPSA) is 20.3 Å². The van der Waals surface area contributed by atoms with E-state index in [0.29, 0.717) is 13.0 Å². The van der Waals surface area contributed by atoms with Crippen LogP contribution in [0.5, 0.6) is 0 Å². The van der Waals surface area contributed by atoms with Crippen molar-refractivity contribution in [2.45, 2.75) is 25.8 Å². The Morgan fingerprint density at radius 2 is 2.00 bits per heavy atom. The third-order valence-corrected chi connectivity index (χ3v) is 4.37. The molecule has 0 bridgehead atoms. The number of amides is 1. The van der Waals surface area contributed by atoms with Crippen LogP contribution in [-0.2, 0) is 17.8 Å². The highest BCUT2D eigenvalue weighted by Crippen LogP contribution is 2.29. The maximum absolute atomic E-state index is 13.3. The molecule has 3 rings (SSSR count). The molecule has 0 saturated heterocycles. The first-order valence-electron chi connectivity index (χ1n) is 6.97. The van der Waals surface area contributed by atoms with Gasteiger partial charge in [-0.05, 0) is 76.9 Å². The number of aryl methyl sites for hydroxylation is 1. The molecule has 0 aromatic heterocycles. The first-order valence-corrected chi connectivity index (χ1v) is 8.04. The summed E-state index contributed by atoms with van der Waals surface area (Å²) in [6, 6.07) is 12.6. The average Bonchev–Trinajstić information content (AvgIpc) is 2.59. The molecule has 1 amide bonds. The van der Waals surface area contributed by atoms with E-state index in [4.69, 9.17) is 0 Å². The molecule has 0 aliphatic carbocycles. The SMILES string of the molecule is O=C1CCCc2cc(I)ccc2N1Cc1cccc(F)c1. The van der Waals surface area contributed by atoms with Gasteiger partial charge in [-0.3, -0.25) is 4.79 Å². The number of halogens is 2. The minimum absolute atomic E-state index is 0.110. The number of hydrogen-bond acceptors (Lipinski definition) is 1. The summed E-state index contributed by atoms with van der Waals surface area (Å²) in [5.74, 6) is -0.156. The molecular formula is C17H15FINO. The summed E-state index contributed by atoms with van der Waals surface area (Å²) in [6.45, 7) is 0.421. The maximum atomic E-state index is 13.3. The second-order valence-electron chi connectivity index (χ2n) is 5.24. The van der Waals surface area contributed by atoms with E-state index in [9.17, 15) is 9.18 Å². The predicted molar refractivity (Wildman–Crippen MR) is 89.7 cm³/mol. The third kappa shape index (κ3) is 3.26. The molecule has 2 aromatic rings. The van der Waals surface area contributed by atoms with E-state index in [-0.39, 0.29) is 11.7 Å². The van der Waals surface area contributed by atoms with Crippen molar-refractivity contribution in [2.24, 2.45) is 0 Å². The summed E-state index contributed by atoms with van der Waals surface area (Å²) in [4.78, 5) is 14.2. The number of rotatable bonds is 2. The Kier molecular flexibility index (Phi) is 4.24. The number of hydrogen-bond donors (Lipinski definition) is 0. The van der Waals surface area contributed by atoms with Gasteiger partial charge in [0.1, 0.15) is 5.82 Å². The molecule has 0 fully saturated rings. The third-order valence-electron chi connectivity index (χ3n) is 3.70. The van der Waals surface area contributed by atoms with Crippen molar-refractivity contribution in [2.75, 3.05) is 4.90 Å². The fraction of sp³-hybridized carbons (Fsp3) is 0.235. The van der Waals surface area contributed by atoms with Crippen molar-refractivity contribution >= 4 is 34.2 Å². The van der Waals surface area contributed by atoms with Crippen molar-refractivity contribution in [1.29, 1.82) is 0 Å². The van der Waals surface area contributed by atoms with Gasteiger partial charge in [-0.1, -0.05) is 12.1 Å². The quantitative estimate of drug-likeness (QED) is 0.695. The molecule has 1 aliphatic rings. The maximum Gasteiger partial charge on any atom is 0.227 e. The van der Waals surface area contributed by atoms with E-state index >= 15 is 0 Å². The molecule has 0 saturated carbocycles. The molecule has 2 nitrogen and oxygen atoms in total. The lowest BCUT2D eigenvalue weighted by Crippen LogP contribution is -2.29. The number of anilines is 1. The molecule has 2 aromatic carbocycles. The second-order valence-corrected chi connectivity index (χ2v) is 6.48. The fourth-order valence-electron chi connectivity index (χ4n) is 2.71. The Hall–Kier alpha value is -1.43. The van der Waals surface area contributed by atoms with E-state index < -0.39 is 0 Å². The summed E-state index contributed by atoms with van der Waals surface area (Å²) in [6.07, 6.45) is 2.32. The molecule has 0 N–H and O–H groups in total. The minimum Gasteiger partial charge on any atom is -0.308 e. The van der Waals surface area contributed by atoms with E-state index in [1.165, 1.54) is 21.3 Å². The van der Waals surface area contributed by atoms with Crippen molar-refractivity contribution < 1.29 is 9.18 Å². The van der Waals surface area contributed by atoms with Gasteiger partial charge in [-0.25, -0.2) is 4.39 Å². The van der Waals surface area contributed by atoms with Gasteiger partial charge in [0.2, 0.25) is 5.91 Å². The highest BCUT2D eigenvalue weighted by Gasteiger charge is 2.22. The molecule has 21 heavy (non-hydrogen) atoms. The number of carbonyl (C=O) groups is 1. The highest BCUT2D eigenvalue weighted by atomic mass is 127. The van der Waals surface area contributed by atoms with Crippen molar-refractivity contribution in [1.82, 2.24) is 0 Å². The molecule has 108 valence electrons. The fourth-order valence-corrected chi connectivity index (χ4v) is 3.26. The van der Waals surface area contributed by atoms with Crippen LogP contribution in [-0.4, -0.2) is 5.91 Å². The highest BCUT2D eigenvalue weighted by molar-refractivity contribution is 14.1. The van der Waals surface area contributed by atoms with E-state index in [1.807, 2.05) is 18.2 Å². The Balaban J connectivity index is 1.98. The lowest BCUT2D eigenvalue weighted by molar-refractivity contribution is -0.118. The molecular weight excluding hydrogens is 380 g/mol. The summed E-state index contributed by atoms with van der Waals surface area (Å²) < 4.78 is 14.5. The van der Waals surface area contributed by atoms with Crippen LogP contribution in [0.25, 0.3) is 0 Å². The van der Waals surface area contributed by atoms with Gasteiger partial charge in [0.05, 0.1) is 6.54 Å². The first-order chi connectivity index (χ1) is 10.1. The molecule has 4 heteroatoms. The van der Waals surface area contributed by atoms with Gasteiger partial charge in [-0.2, -0.15) is 0 Å². The van der Waals surface area contributed by atoms with Crippen molar-refractivity contribution in [3.05, 3.63) is 63.0 Å². The standard InChI is InChI=1S/C17H15FINO/c18-14-5-1-3-12(9-14)11-20-16-8-7-15(19)10-13(16)4-2-6-17(20)21/h1,3,5,7-10H,2,4,6,11H2. The van der Waals surface area contributed by atoms with Crippen LogP contribution in [0.2, 0.25) is 0 Å². The summed E-state index contributed by atoms with van der Waals surface area (Å²) in [7, 11) is 0. The van der Waals surface area contributed by atoms with Crippen LogP contribution in [0, 0.1) is 9.39 Å². The second kappa shape index (κ2) is 6.13. The predicted octanol–water partition coefficient (Wildman–Crippen LogP) is 4.30. The number of carbonyl (C=O) groups excluding carboxylic acids is 1. The van der Waals surface area contributed by atoms with Crippen LogP contribution in [0.1, 0.15) is 24.0 Å². The average molecular weight is 395 g/mol. The molecule has 0 radical (unpaired) electrons. The zero-order valence-corrected chi connectivity index (χ0v) is 13.6. The lowest BCUT2D eigenvalue weighted by Gasteiger charge is -2.23. The molecule has 0 unspecified atom stereocenters. The molecule has 1 heterocycles. The number of benzene rings is 2. The molecule has 0 atom stereocenters. The summed E-state index contributed by atoms with van der Waals surface area (Å²) in [5, 5.41) is 0. The number of nitrogens with zero attached hydrogens (tertiary/aromatic N) is 1. The van der Waals surface area contributed by atoms with Gasteiger partial charge in [0, 0.05) is 15.7 Å².